The SMILES string of the molecule is Cc1cc(CN2CCN(C(=O)C3C4CCC(C4)C3N)CC2)no1. The molecule has 4 rings (SSSR count). The van der Waals surface area contributed by atoms with E-state index in [0.29, 0.717) is 17.7 Å². The van der Waals surface area contributed by atoms with Gasteiger partial charge in [0, 0.05) is 44.8 Å². The molecule has 3 aliphatic rings. The van der Waals surface area contributed by atoms with Crippen LogP contribution in [-0.2, 0) is 11.3 Å². The Morgan fingerprint density at radius 3 is 2.65 bits per heavy atom. The third-order valence-corrected chi connectivity index (χ3v) is 6.01. The highest BCUT2D eigenvalue weighted by atomic mass is 16.5. The zero-order valence-corrected chi connectivity index (χ0v) is 13.8. The summed E-state index contributed by atoms with van der Waals surface area (Å²) >= 11 is 0. The van der Waals surface area contributed by atoms with E-state index in [4.69, 9.17) is 10.3 Å². The first-order chi connectivity index (χ1) is 11.1. The summed E-state index contributed by atoms with van der Waals surface area (Å²) in [6.07, 6.45) is 3.59. The van der Waals surface area contributed by atoms with Gasteiger partial charge in [-0.15, -0.1) is 0 Å². The Morgan fingerprint density at radius 2 is 2.04 bits per heavy atom. The number of carbonyl (C=O) groups is 1. The average Bonchev–Trinajstić information content (AvgIpc) is 3.24. The van der Waals surface area contributed by atoms with Gasteiger partial charge in [0.15, 0.2) is 0 Å². The van der Waals surface area contributed by atoms with Gasteiger partial charge >= 0.3 is 0 Å². The van der Waals surface area contributed by atoms with Crippen LogP contribution in [0.15, 0.2) is 10.6 Å². The monoisotopic (exact) mass is 318 g/mol. The van der Waals surface area contributed by atoms with Crippen molar-refractivity contribution in [3.8, 4) is 0 Å². The van der Waals surface area contributed by atoms with Crippen LogP contribution < -0.4 is 5.73 Å². The average molecular weight is 318 g/mol. The van der Waals surface area contributed by atoms with Gasteiger partial charge in [0.05, 0.1) is 11.6 Å². The lowest BCUT2D eigenvalue weighted by molar-refractivity contribution is -0.139. The van der Waals surface area contributed by atoms with Gasteiger partial charge in [0.25, 0.3) is 0 Å². The van der Waals surface area contributed by atoms with Crippen LogP contribution in [0, 0.1) is 24.7 Å². The van der Waals surface area contributed by atoms with E-state index in [1.165, 1.54) is 19.3 Å². The highest BCUT2D eigenvalue weighted by molar-refractivity contribution is 5.80. The van der Waals surface area contributed by atoms with Gasteiger partial charge in [-0.3, -0.25) is 9.69 Å². The molecule has 0 radical (unpaired) electrons. The Hall–Kier alpha value is -1.40. The Morgan fingerprint density at radius 1 is 1.30 bits per heavy atom. The molecule has 23 heavy (non-hydrogen) atoms. The molecule has 6 heteroatoms. The fourth-order valence-electron chi connectivity index (χ4n) is 4.76. The molecule has 2 N–H and O–H groups in total. The lowest BCUT2D eigenvalue weighted by Crippen LogP contribution is -2.53. The number of nitrogens with two attached hydrogens (primary N) is 1. The molecule has 1 aromatic heterocycles. The van der Waals surface area contributed by atoms with Crippen LogP contribution in [0.25, 0.3) is 0 Å². The lowest BCUT2D eigenvalue weighted by Gasteiger charge is -2.38. The minimum atomic E-state index is 0.0819. The zero-order chi connectivity index (χ0) is 16.0. The van der Waals surface area contributed by atoms with Crippen molar-refractivity contribution in [3.05, 3.63) is 17.5 Å². The molecule has 6 nitrogen and oxygen atoms in total. The Bertz CT molecular complexity index is 577. The Kier molecular flexibility index (Phi) is 3.89. The number of piperazine rings is 1. The quantitative estimate of drug-likeness (QED) is 0.900. The molecule has 1 saturated heterocycles. The maximum absolute atomic E-state index is 12.9. The van der Waals surface area contributed by atoms with E-state index in [-0.39, 0.29) is 12.0 Å². The Balaban J connectivity index is 1.32. The van der Waals surface area contributed by atoms with Crippen LogP contribution in [0.5, 0.6) is 0 Å². The van der Waals surface area contributed by atoms with Crippen LogP contribution >= 0.6 is 0 Å². The van der Waals surface area contributed by atoms with Gasteiger partial charge < -0.3 is 15.2 Å². The van der Waals surface area contributed by atoms with Gasteiger partial charge in [-0.25, -0.2) is 0 Å². The summed E-state index contributed by atoms with van der Waals surface area (Å²) < 4.78 is 5.12. The maximum atomic E-state index is 12.9. The summed E-state index contributed by atoms with van der Waals surface area (Å²) in [5.74, 6) is 2.36. The van der Waals surface area contributed by atoms with Gasteiger partial charge in [-0.05, 0) is 38.0 Å². The molecular weight excluding hydrogens is 292 g/mol. The zero-order valence-electron chi connectivity index (χ0n) is 13.8. The molecule has 4 atom stereocenters. The molecule has 2 saturated carbocycles. The summed E-state index contributed by atoms with van der Waals surface area (Å²) in [7, 11) is 0. The van der Waals surface area contributed by atoms with Crippen molar-refractivity contribution in [2.24, 2.45) is 23.5 Å². The third-order valence-electron chi connectivity index (χ3n) is 6.01. The van der Waals surface area contributed by atoms with Crippen LogP contribution in [0.1, 0.15) is 30.7 Å². The van der Waals surface area contributed by atoms with E-state index in [2.05, 4.69) is 10.1 Å². The fraction of sp³-hybridized carbons (Fsp3) is 0.765. The van der Waals surface area contributed by atoms with Crippen LogP contribution in [0.2, 0.25) is 0 Å². The second-order valence-electron chi connectivity index (χ2n) is 7.47. The van der Waals surface area contributed by atoms with Gasteiger partial charge in [0.1, 0.15) is 5.76 Å². The highest BCUT2D eigenvalue weighted by Crippen LogP contribution is 2.48. The van der Waals surface area contributed by atoms with Crippen molar-refractivity contribution >= 4 is 5.91 Å². The molecule has 2 heterocycles. The molecule has 2 bridgehead atoms. The summed E-state index contributed by atoms with van der Waals surface area (Å²) in [6.45, 7) is 6.10. The minimum absolute atomic E-state index is 0.0819. The van der Waals surface area contributed by atoms with Crippen molar-refractivity contribution in [1.29, 1.82) is 0 Å². The van der Waals surface area contributed by atoms with E-state index in [9.17, 15) is 4.79 Å². The third kappa shape index (κ3) is 2.78. The molecule has 1 aromatic rings. The molecule has 4 unspecified atom stereocenters. The summed E-state index contributed by atoms with van der Waals surface area (Å²) in [4.78, 5) is 17.2. The normalized spacial score (nSPS) is 34.3. The van der Waals surface area contributed by atoms with Crippen molar-refractivity contribution in [3.63, 3.8) is 0 Å². The van der Waals surface area contributed by atoms with Crippen molar-refractivity contribution in [2.45, 2.75) is 38.8 Å². The second-order valence-corrected chi connectivity index (χ2v) is 7.47. The number of hydrogen-bond donors (Lipinski definition) is 1. The lowest BCUT2D eigenvalue weighted by atomic mass is 9.84. The number of nitrogens with zero attached hydrogens (tertiary/aromatic N) is 3. The topological polar surface area (TPSA) is 75.6 Å². The first-order valence-corrected chi connectivity index (χ1v) is 8.81. The first-order valence-electron chi connectivity index (χ1n) is 8.81. The molecule has 2 aliphatic carbocycles. The molecule has 0 aromatic carbocycles. The maximum Gasteiger partial charge on any atom is 0.227 e. The summed E-state index contributed by atoms with van der Waals surface area (Å²) in [5.41, 5.74) is 7.30. The van der Waals surface area contributed by atoms with Crippen molar-refractivity contribution < 1.29 is 9.32 Å². The first kappa shape index (κ1) is 15.1. The number of rotatable bonds is 3. The number of hydrogen-bond acceptors (Lipinski definition) is 5. The van der Waals surface area contributed by atoms with Gasteiger partial charge in [0.2, 0.25) is 5.91 Å². The van der Waals surface area contributed by atoms with E-state index < -0.39 is 0 Å². The van der Waals surface area contributed by atoms with Gasteiger partial charge in [-0.2, -0.15) is 0 Å². The number of aromatic nitrogens is 1. The largest absolute Gasteiger partial charge is 0.361 e. The smallest absolute Gasteiger partial charge is 0.227 e. The van der Waals surface area contributed by atoms with Crippen molar-refractivity contribution in [1.82, 2.24) is 15.0 Å². The predicted molar refractivity (Wildman–Crippen MR) is 85.4 cm³/mol. The molecule has 1 amide bonds. The van der Waals surface area contributed by atoms with E-state index >= 15 is 0 Å². The molecule has 1 aliphatic heterocycles. The molecule has 3 fully saturated rings. The van der Waals surface area contributed by atoms with Crippen LogP contribution in [0.4, 0.5) is 0 Å². The van der Waals surface area contributed by atoms with Crippen LogP contribution in [-0.4, -0.2) is 53.1 Å². The van der Waals surface area contributed by atoms with E-state index in [0.717, 1.165) is 44.2 Å². The number of aryl methyl sites for hydroxylation is 1. The minimum Gasteiger partial charge on any atom is -0.361 e. The van der Waals surface area contributed by atoms with E-state index in [1.807, 2.05) is 17.9 Å². The summed E-state index contributed by atoms with van der Waals surface area (Å²) in [6, 6.07) is 2.07. The highest BCUT2D eigenvalue weighted by Gasteiger charge is 2.50. The summed E-state index contributed by atoms with van der Waals surface area (Å²) in [5, 5.41) is 4.05. The number of fused-ring (bicyclic) bond motifs is 2. The van der Waals surface area contributed by atoms with Crippen LogP contribution in [0.3, 0.4) is 0 Å². The van der Waals surface area contributed by atoms with Crippen molar-refractivity contribution in [2.75, 3.05) is 26.2 Å². The molecule has 126 valence electrons. The number of amides is 1. The van der Waals surface area contributed by atoms with E-state index in [1.54, 1.807) is 0 Å². The standard InChI is InChI=1S/C17H26N4O2/c1-11-8-14(19-23-11)10-20-4-6-21(7-5-20)17(22)15-12-2-3-13(9-12)16(15)18/h8,12-13,15-16H,2-7,9-10,18H2,1H3. The predicted octanol–water partition coefficient (Wildman–Crippen LogP) is 1.00. The second kappa shape index (κ2) is 5.91. The number of carbonyl (C=O) groups excluding carboxylic acids is 1. The van der Waals surface area contributed by atoms with Gasteiger partial charge in [-0.1, -0.05) is 5.16 Å². The Labute approximate surface area is 137 Å². The molecular formula is C17H26N4O2. The molecule has 0 spiro atoms. The fourth-order valence-corrected chi connectivity index (χ4v) is 4.76.